The summed E-state index contributed by atoms with van der Waals surface area (Å²) in [4.78, 5) is 12.6. The molecule has 0 aliphatic carbocycles. The number of carbonyl (C=O) groups is 1. The highest BCUT2D eigenvalue weighted by atomic mass is 32.2. The van der Waals surface area contributed by atoms with E-state index in [2.05, 4.69) is 0 Å². The summed E-state index contributed by atoms with van der Waals surface area (Å²) in [5.74, 6) is 1.59. The number of thioether (sulfide) groups is 1. The van der Waals surface area contributed by atoms with Crippen LogP contribution in [-0.2, 0) is 6.61 Å². The van der Waals surface area contributed by atoms with Crippen LogP contribution in [0, 0.1) is 0 Å². The van der Waals surface area contributed by atoms with Gasteiger partial charge < -0.3 is 9.47 Å². The van der Waals surface area contributed by atoms with Gasteiger partial charge in [-0.15, -0.1) is 11.8 Å². The van der Waals surface area contributed by atoms with Gasteiger partial charge in [-0.05, 0) is 43.5 Å². The lowest BCUT2D eigenvalue weighted by Gasteiger charge is -2.13. The molecule has 4 heteroatoms. The Morgan fingerprint density at radius 2 is 1.90 bits per heavy atom. The molecule has 3 nitrogen and oxygen atoms in total. The van der Waals surface area contributed by atoms with Gasteiger partial charge in [-0.3, -0.25) is 4.79 Å². The summed E-state index contributed by atoms with van der Waals surface area (Å²) in [7, 11) is 1.61. The predicted octanol–water partition coefficient (Wildman–Crippen LogP) is 4.20. The SMILES string of the molecule is COc1ccc(C(C)=O)cc1COc1ccccc1SC. The quantitative estimate of drug-likeness (QED) is 0.592. The molecule has 2 rings (SSSR count). The molecule has 0 aromatic heterocycles. The minimum atomic E-state index is 0.0309. The van der Waals surface area contributed by atoms with Crippen LogP contribution in [0.1, 0.15) is 22.8 Å². The molecule has 2 aromatic carbocycles. The molecule has 0 fully saturated rings. The lowest BCUT2D eigenvalue weighted by atomic mass is 10.1. The van der Waals surface area contributed by atoms with Crippen molar-refractivity contribution in [1.82, 2.24) is 0 Å². The summed E-state index contributed by atoms with van der Waals surface area (Å²) >= 11 is 1.64. The number of ether oxygens (including phenoxy) is 2. The zero-order valence-corrected chi connectivity index (χ0v) is 13.2. The minimum Gasteiger partial charge on any atom is -0.496 e. The van der Waals surface area contributed by atoms with Gasteiger partial charge in [0.25, 0.3) is 0 Å². The largest absolute Gasteiger partial charge is 0.496 e. The number of rotatable bonds is 6. The summed E-state index contributed by atoms with van der Waals surface area (Å²) < 4.78 is 11.2. The number of ketones is 1. The van der Waals surface area contributed by atoms with Crippen molar-refractivity contribution in [3.63, 3.8) is 0 Å². The molecule has 0 amide bonds. The maximum Gasteiger partial charge on any atom is 0.159 e. The number of hydrogen-bond donors (Lipinski definition) is 0. The zero-order valence-electron chi connectivity index (χ0n) is 12.4. The molecule has 0 spiro atoms. The minimum absolute atomic E-state index is 0.0309. The summed E-state index contributed by atoms with van der Waals surface area (Å²) in [5, 5.41) is 0. The van der Waals surface area contributed by atoms with E-state index in [0.29, 0.717) is 12.2 Å². The van der Waals surface area contributed by atoms with Crippen LogP contribution in [0.25, 0.3) is 0 Å². The molecular weight excluding hydrogens is 284 g/mol. The molecule has 0 aliphatic rings. The van der Waals surface area contributed by atoms with Crippen LogP contribution in [0.2, 0.25) is 0 Å². The zero-order chi connectivity index (χ0) is 15.2. The Kier molecular flexibility index (Phi) is 5.28. The summed E-state index contributed by atoms with van der Waals surface area (Å²) in [6.45, 7) is 1.91. The van der Waals surface area contributed by atoms with Gasteiger partial charge in [-0.1, -0.05) is 12.1 Å². The highest BCUT2D eigenvalue weighted by Gasteiger charge is 2.09. The van der Waals surface area contributed by atoms with E-state index in [9.17, 15) is 4.79 Å². The molecule has 0 bridgehead atoms. The topological polar surface area (TPSA) is 35.5 Å². The van der Waals surface area contributed by atoms with Crippen molar-refractivity contribution < 1.29 is 14.3 Å². The summed E-state index contributed by atoms with van der Waals surface area (Å²) in [6.07, 6.45) is 2.01. The first-order valence-electron chi connectivity index (χ1n) is 6.59. The van der Waals surface area contributed by atoms with Crippen molar-refractivity contribution in [1.29, 1.82) is 0 Å². The molecule has 0 atom stereocenters. The Morgan fingerprint density at radius 3 is 2.57 bits per heavy atom. The molecule has 110 valence electrons. The van der Waals surface area contributed by atoms with Crippen LogP contribution in [-0.4, -0.2) is 19.1 Å². The van der Waals surface area contributed by atoms with Gasteiger partial charge in [0.15, 0.2) is 5.78 Å². The van der Waals surface area contributed by atoms with Crippen molar-refractivity contribution in [2.45, 2.75) is 18.4 Å². The molecule has 21 heavy (non-hydrogen) atoms. The van der Waals surface area contributed by atoms with Crippen LogP contribution in [0.15, 0.2) is 47.4 Å². The predicted molar refractivity (Wildman–Crippen MR) is 85.6 cm³/mol. The highest BCUT2D eigenvalue weighted by molar-refractivity contribution is 7.98. The Balaban J connectivity index is 2.22. The highest BCUT2D eigenvalue weighted by Crippen LogP contribution is 2.29. The van der Waals surface area contributed by atoms with E-state index < -0.39 is 0 Å². The van der Waals surface area contributed by atoms with Gasteiger partial charge in [0.2, 0.25) is 0 Å². The van der Waals surface area contributed by atoms with Crippen LogP contribution >= 0.6 is 11.8 Å². The molecule has 0 aliphatic heterocycles. The first kappa shape index (κ1) is 15.4. The molecular formula is C17H18O3S. The fourth-order valence-corrected chi connectivity index (χ4v) is 2.55. The Hall–Kier alpha value is -1.94. The fourth-order valence-electron chi connectivity index (χ4n) is 2.00. The third-order valence-electron chi connectivity index (χ3n) is 3.14. The Morgan fingerprint density at radius 1 is 1.14 bits per heavy atom. The number of hydrogen-bond acceptors (Lipinski definition) is 4. The van der Waals surface area contributed by atoms with E-state index in [-0.39, 0.29) is 5.78 Å². The van der Waals surface area contributed by atoms with Crippen molar-refractivity contribution in [2.24, 2.45) is 0 Å². The average Bonchev–Trinajstić information content (AvgIpc) is 2.52. The molecule has 0 saturated heterocycles. The first-order valence-corrected chi connectivity index (χ1v) is 7.82. The Bertz CT molecular complexity index is 638. The van der Waals surface area contributed by atoms with Gasteiger partial charge in [-0.25, -0.2) is 0 Å². The first-order chi connectivity index (χ1) is 10.2. The summed E-state index contributed by atoms with van der Waals surface area (Å²) in [6, 6.07) is 13.3. The van der Waals surface area contributed by atoms with Gasteiger partial charge in [0.05, 0.1) is 7.11 Å². The molecule has 0 heterocycles. The van der Waals surface area contributed by atoms with Crippen molar-refractivity contribution in [2.75, 3.05) is 13.4 Å². The second kappa shape index (κ2) is 7.18. The molecule has 2 aromatic rings. The van der Waals surface area contributed by atoms with Crippen LogP contribution < -0.4 is 9.47 Å². The molecule has 0 unspecified atom stereocenters. The lowest BCUT2D eigenvalue weighted by molar-refractivity contribution is 0.101. The number of para-hydroxylation sites is 1. The van der Waals surface area contributed by atoms with Crippen molar-refractivity contribution >= 4 is 17.5 Å². The lowest BCUT2D eigenvalue weighted by Crippen LogP contribution is -2.02. The third-order valence-corrected chi connectivity index (χ3v) is 3.92. The number of methoxy groups -OCH3 is 1. The van der Waals surface area contributed by atoms with Crippen LogP contribution in [0.4, 0.5) is 0 Å². The van der Waals surface area contributed by atoms with Crippen molar-refractivity contribution in [3.8, 4) is 11.5 Å². The van der Waals surface area contributed by atoms with Gasteiger partial charge in [0, 0.05) is 16.0 Å². The van der Waals surface area contributed by atoms with Crippen molar-refractivity contribution in [3.05, 3.63) is 53.6 Å². The van der Waals surface area contributed by atoms with E-state index in [4.69, 9.17) is 9.47 Å². The van der Waals surface area contributed by atoms with E-state index in [1.807, 2.05) is 36.6 Å². The normalized spacial score (nSPS) is 10.2. The fraction of sp³-hybridized carbons (Fsp3) is 0.235. The number of carbonyl (C=O) groups excluding carboxylic acids is 1. The monoisotopic (exact) mass is 302 g/mol. The molecule has 0 N–H and O–H groups in total. The number of benzene rings is 2. The molecule has 0 radical (unpaired) electrons. The van der Waals surface area contributed by atoms with E-state index in [1.165, 1.54) is 0 Å². The van der Waals surface area contributed by atoms with E-state index in [1.54, 1.807) is 37.9 Å². The molecule has 0 saturated carbocycles. The van der Waals surface area contributed by atoms with E-state index in [0.717, 1.165) is 22.0 Å². The smallest absolute Gasteiger partial charge is 0.159 e. The second-order valence-corrected chi connectivity index (χ2v) is 5.37. The second-order valence-electron chi connectivity index (χ2n) is 4.52. The third kappa shape index (κ3) is 3.79. The van der Waals surface area contributed by atoms with Crippen LogP contribution in [0.5, 0.6) is 11.5 Å². The maximum atomic E-state index is 11.5. The summed E-state index contributed by atoms with van der Waals surface area (Å²) in [5.41, 5.74) is 1.52. The van der Waals surface area contributed by atoms with Gasteiger partial charge in [-0.2, -0.15) is 0 Å². The van der Waals surface area contributed by atoms with Crippen LogP contribution in [0.3, 0.4) is 0 Å². The standard InChI is InChI=1S/C17H18O3S/c1-12(18)13-8-9-15(19-2)14(10-13)11-20-16-6-4-5-7-17(16)21-3/h4-10H,11H2,1-3H3. The maximum absolute atomic E-state index is 11.5. The van der Waals surface area contributed by atoms with Gasteiger partial charge >= 0.3 is 0 Å². The average molecular weight is 302 g/mol. The van der Waals surface area contributed by atoms with Gasteiger partial charge in [0.1, 0.15) is 18.1 Å². The Labute approximate surface area is 129 Å². The van der Waals surface area contributed by atoms with E-state index >= 15 is 0 Å². The number of Topliss-reactive ketones (excluding diaryl/α,β-unsaturated/α-hetero) is 1.